The topological polar surface area (TPSA) is 67.2 Å². The molecule has 2 aromatic rings. The van der Waals surface area contributed by atoms with E-state index in [0.717, 1.165) is 37.9 Å². The molecular weight excluding hydrogens is 380 g/mol. The summed E-state index contributed by atoms with van der Waals surface area (Å²) in [5.41, 5.74) is 1.12. The summed E-state index contributed by atoms with van der Waals surface area (Å²) < 4.78 is 7.89. The van der Waals surface area contributed by atoms with Gasteiger partial charge in [-0.1, -0.05) is 12.8 Å². The quantitative estimate of drug-likeness (QED) is 0.760. The Bertz CT molecular complexity index is 1010. The Hall–Kier alpha value is -2.25. The van der Waals surface area contributed by atoms with Gasteiger partial charge in [0.2, 0.25) is 0 Å². The smallest absolute Gasteiger partial charge is 0.270 e. The first-order valence-electron chi connectivity index (χ1n) is 11.2. The molecule has 30 heavy (non-hydrogen) atoms. The highest BCUT2D eigenvalue weighted by Gasteiger charge is 2.49. The summed E-state index contributed by atoms with van der Waals surface area (Å²) in [7, 11) is 0. The lowest BCUT2D eigenvalue weighted by atomic mass is 9.78. The summed E-state index contributed by atoms with van der Waals surface area (Å²) in [6.07, 6.45) is 10.1. The van der Waals surface area contributed by atoms with Gasteiger partial charge in [0.1, 0.15) is 16.8 Å². The molecule has 0 aromatic carbocycles. The summed E-state index contributed by atoms with van der Waals surface area (Å²) in [6.45, 7) is 5.81. The van der Waals surface area contributed by atoms with Crippen molar-refractivity contribution in [2.24, 2.45) is 0 Å². The third-order valence-electron chi connectivity index (χ3n) is 7.11. The van der Waals surface area contributed by atoms with Crippen molar-refractivity contribution < 1.29 is 9.53 Å². The van der Waals surface area contributed by atoms with Crippen molar-refractivity contribution >= 4 is 11.6 Å². The maximum atomic E-state index is 13.4. The number of nitrogens with zero attached hydrogens (tertiary/aromatic N) is 4. The zero-order valence-corrected chi connectivity index (χ0v) is 17.7. The normalized spacial score (nSPS) is 27.8. The first-order chi connectivity index (χ1) is 14.6. The molecule has 4 heterocycles. The van der Waals surface area contributed by atoms with Crippen LogP contribution in [0.4, 0.5) is 0 Å². The Morgan fingerprint density at radius 3 is 2.87 bits per heavy atom. The molecule has 1 saturated carbocycles. The fourth-order valence-electron chi connectivity index (χ4n) is 5.59. The standard InChI is InChI=1S/C23H30N4O3/c1-17-7-11-27-20(14-17)24-15-18(22(27)29)21(28)26-12-13-30-23(16-26)8-3-2-6-19(23)25-9-4-5-10-25/h7,11,14-15,19H,2-6,8-10,12-13,16H2,1H3. The number of amides is 1. The van der Waals surface area contributed by atoms with Crippen LogP contribution in [0, 0.1) is 6.92 Å². The van der Waals surface area contributed by atoms with E-state index >= 15 is 0 Å². The highest BCUT2D eigenvalue weighted by molar-refractivity contribution is 5.94. The molecular formula is C23H30N4O3. The Labute approximate surface area is 176 Å². The zero-order valence-electron chi connectivity index (χ0n) is 17.7. The van der Waals surface area contributed by atoms with E-state index in [1.807, 2.05) is 24.0 Å². The molecule has 160 valence electrons. The molecule has 7 nitrogen and oxygen atoms in total. The number of pyridine rings is 1. The molecule has 0 N–H and O–H groups in total. The summed E-state index contributed by atoms with van der Waals surface area (Å²) >= 11 is 0. The summed E-state index contributed by atoms with van der Waals surface area (Å²) in [6, 6.07) is 4.07. The van der Waals surface area contributed by atoms with Gasteiger partial charge >= 0.3 is 0 Å². The molecule has 0 radical (unpaired) electrons. The van der Waals surface area contributed by atoms with E-state index in [1.165, 1.54) is 29.9 Å². The molecule has 1 spiro atoms. The molecule has 0 bridgehead atoms. The van der Waals surface area contributed by atoms with Crippen LogP contribution in [0.2, 0.25) is 0 Å². The van der Waals surface area contributed by atoms with Crippen molar-refractivity contribution in [1.29, 1.82) is 0 Å². The number of hydrogen-bond donors (Lipinski definition) is 0. The number of rotatable bonds is 2. The zero-order chi connectivity index (χ0) is 20.7. The second-order valence-corrected chi connectivity index (χ2v) is 9.05. The van der Waals surface area contributed by atoms with Gasteiger partial charge in [0.15, 0.2) is 0 Å². The van der Waals surface area contributed by atoms with E-state index in [-0.39, 0.29) is 22.6 Å². The second-order valence-electron chi connectivity index (χ2n) is 9.05. The Kier molecular flexibility index (Phi) is 5.11. The molecule has 2 unspecified atom stereocenters. The Morgan fingerprint density at radius 1 is 1.20 bits per heavy atom. The highest BCUT2D eigenvalue weighted by Crippen LogP contribution is 2.39. The van der Waals surface area contributed by atoms with E-state index < -0.39 is 0 Å². The van der Waals surface area contributed by atoms with Gasteiger partial charge in [-0.05, 0) is 63.4 Å². The van der Waals surface area contributed by atoms with Crippen LogP contribution in [0.25, 0.3) is 5.65 Å². The summed E-state index contributed by atoms with van der Waals surface area (Å²) in [4.78, 5) is 35.2. The van der Waals surface area contributed by atoms with Crippen molar-refractivity contribution in [2.45, 2.75) is 57.1 Å². The summed E-state index contributed by atoms with van der Waals surface area (Å²) in [5.74, 6) is -0.226. The molecule has 5 rings (SSSR count). The van der Waals surface area contributed by atoms with Crippen LogP contribution < -0.4 is 5.56 Å². The van der Waals surface area contributed by atoms with E-state index in [2.05, 4.69) is 9.88 Å². The highest BCUT2D eigenvalue weighted by atomic mass is 16.5. The average molecular weight is 411 g/mol. The number of hydrogen-bond acceptors (Lipinski definition) is 5. The van der Waals surface area contributed by atoms with Crippen LogP contribution >= 0.6 is 0 Å². The van der Waals surface area contributed by atoms with Crippen LogP contribution in [-0.4, -0.2) is 69.5 Å². The number of morpholine rings is 1. The van der Waals surface area contributed by atoms with E-state index in [0.29, 0.717) is 31.4 Å². The van der Waals surface area contributed by atoms with Crippen molar-refractivity contribution in [2.75, 3.05) is 32.8 Å². The fraction of sp³-hybridized carbons (Fsp3) is 0.609. The van der Waals surface area contributed by atoms with Crippen molar-refractivity contribution in [3.05, 3.63) is 46.0 Å². The monoisotopic (exact) mass is 410 g/mol. The predicted molar refractivity (Wildman–Crippen MR) is 114 cm³/mol. The van der Waals surface area contributed by atoms with Crippen molar-refractivity contribution in [1.82, 2.24) is 19.2 Å². The van der Waals surface area contributed by atoms with Gasteiger partial charge < -0.3 is 9.64 Å². The minimum absolute atomic E-state index is 0.141. The number of aromatic nitrogens is 2. The van der Waals surface area contributed by atoms with Crippen LogP contribution in [-0.2, 0) is 4.74 Å². The first kappa shape index (κ1) is 19.7. The fourth-order valence-corrected chi connectivity index (χ4v) is 5.59. The third-order valence-corrected chi connectivity index (χ3v) is 7.11. The molecule has 2 aromatic heterocycles. The van der Waals surface area contributed by atoms with Gasteiger partial charge in [-0.2, -0.15) is 0 Å². The van der Waals surface area contributed by atoms with E-state index in [9.17, 15) is 9.59 Å². The van der Waals surface area contributed by atoms with Crippen LogP contribution in [0.5, 0.6) is 0 Å². The number of ether oxygens (including phenoxy) is 1. The van der Waals surface area contributed by atoms with Crippen LogP contribution in [0.1, 0.15) is 54.4 Å². The minimum Gasteiger partial charge on any atom is -0.370 e. The molecule has 3 aliphatic rings. The Morgan fingerprint density at radius 2 is 2.03 bits per heavy atom. The number of carbonyl (C=O) groups is 1. The van der Waals surface area contributed by atoms with Crippen LogP contribution in [0.15, 0.2) is 29.3 Å². The Balaban J connectivity index is 1.43. The predicted octanol–water partition coefficient (Wildman–Crippen LogP) is 2.25. The van der Waals surface area contributed by atoms with Crippen molar-refractivity contribution in [3.8, 4) is 0 Å². The molecule has 7 heteroatoms. The molecule has 3 fully saturated rings. The lowest BCUT2D eigenvalue weighted by Gasteiger charge is -2.52. The number of aryl methyl sites for hydroxylation is 1. The van der Waals surface area contributed by atoms with E-state index in [1.54, 1.807) is 6.20 Å². The van der Waals surface area contributed by atoms with Gasteiger partial charge in [0, 0.05) is 25.0 Å². The summed E-state index contributed by atoms with van der Waals surface area (Å²) in [5, 5.41) is 0. The number of fused-ring (bicyclic) bond motifs is 1. The minimum atomic E-state index is -0.311. The number of likely N-dealkylation sites (tertiary alicyclic amines) is 1. The molecule has 1 amide bonds. The van der Waals surface area contributed by atoms with Gasteiger partial charge in [-0.3, -0.25) is 18.9 Å². The van der Waals surface area contributed by atoms with Gasteiger partial charge in [-0.25, -0.2) is 4.98 Å². The maximum Gasteiger partial charge on any atom is 0.270 e. The number of carbonyl (C=O) groups excluding carboxylic acids is 1. The molecule has 2 aliphatic heterocycles. The van der Waals surface area contributed by atoms with E-state index in [4.69, 9.17) is 4.74 Å². The van der Waals surface area contributed by atoms with Gasteiger partial charge in [-0.15, -0.1) is 0 Å². The molecule has 2 saturated heterocycles. The van der Waals surface area contributed by atoms with Gasteiger partial charge in [0.25, 0.3) is 11.5 Å². The molecule has 2 atom stereocenters. The largest absolute Gasteiger partial charge is 0.370 e. The third kappa shape index (κ3) is 3.34. The van der Waals surface area contributed by atoms with Gasteiger partial charge in [0.05, 0.1) is 13.2 Å². The van der Waals surface area contributed by atoms with Crippen LogP contribution in [0.3, 0.4) is 0 Å². The first-order valence-corrected chi connectivity index (χ1v) is 11.2. The maximum absolute atomic E-state index is 13.4. The second kappa shape index (κ2) is 7.78. The SMILES string of the molecule is Cc1ccn2c(=O)c(C(=O)N3CCOC4(CCCCC4N4CCCC4)C3)cnc2c1. The van der Waals surface area contributed by atoms with Crippen molar-refractivity contribution in [3.63, 3.8) is 0 Å². The lowest BCUT2D eigenvalue weighted by molar-refractivity contribution is -0.156. The molecule has 1 aliphatic carbocycles. The average Bonchev–Trinajstić information content (AvgIpc) is 3.28. The lowest BCUT2D eigenvalue weighted by Crippen LogP contribution is -2.64.